The monoisotopic (exact) mass is 1340 g/mol. The molecule has 0 spiro atoms. The second-order valence-electron chi connectivity index (χ2n) is 22.8. The molecule has 3 aliphatic heterocycles. The zero-order valence-corrected chi connectivity index (χ0v) is 53.6. The predicted octanol–water partition coefficient (Wildman–Crippen LogP) is -3.47. The van der Waals surface area contributed by atoms with Gasteiger partial charge in [0.15, 0.2) is 11.9 Å². The van der Waals surface area contributed by atoms with Crippen LogP contribution in [-0.4, -0.2) is 191 Å². The van der Waals surface area contributed by atoms with E-state index in [9.17, 15) is 47.9 Å². The molecule has 500 valence electrons. The van der Waals surface area contributed by atoms with E-state index in [1.54, 1.807) is 68.6 Å². The third-order valence-electron chi connectivity index (χ3n) is 15.1. The molecule has 3 fully saturated rings. The first-order valence-electron chi connectivity index (χ1n) is 30.0. The van der Waals surface area contributed by atoms with E-state index in [0.29, 0.717) is 33.5 Å². The molecule has 0 aliphatic carbocycles. The third kappa shape index (κ3) is 22.2. The zero-order valence-electron chi connectivity index (χ0n) is 51.2. The molecule has 6 rings (SSSR count). The molecule has 10 atom stereocenters. The number of aromatic nitrogens is 1. The summed E-state index contributed by atoms with van der Waals surface area (Å²) in [6, 6.07) is -1.43. The average molecular weight is 1340 g/mol. The zero-order chi connectivity index (χ0) is 67.2. The summed E-state index contributed by atoms with van der Waals surface area (Å²) in [5.74, 6) is -12.1. The van der Waals surface area contributed by atoms with Gasteiger partial charge in [0.2, 0.25) is 70.9 Å². The number of amides is 12. The molecule has 0 unspecified atom stereocenters. The van der Waals surface area contributed by atoms with Crippen molar-refractivity contribution in [2.45, 2.75) is 145 Å². The molecule has 3 aliphatic rings. The standard InChI is InChI=1S/C58H82ClN19O12S2/c1-29(2)21-38-49(83)71-37(12-7-19-66-58(63)64)56(90)78-20-8-13-45(78)55(89)76-42(47(60)81)26-68-46(80)24-41-52(86)77-44(54(88)70-36(48(82)72-38)11-6-18-65-57(61)62)28-92-91-27-43(69-30(3)79)53(87)73-39(22-31-14-16-33(59)17-15-31)50(84)74-40(51(85)75-41)23-32-25-67-35-10-5-4-9-34(32)35/h4-5,9-10,14-17,25,29,36-45,67H,6-8,11-13,18-24,26-28H2,1-3H3,(H2,60,81)(H,68,80)(H,69,79)(H,70,88)(H,71,83)(H,72,82)(H,73,87)(H,74,84)(H,75,85)(H,76,89)(H,77,86)(H4,61,62,65)(H4,63,64,66)/t36-,37-,38+,39-,40+,41+,42+,43-,44-,45+/m0/s1. The lowest BCUT2D eigenvalue weighted by Gasteiger charge is -2.31. The molecular weight excluding hydrogens is 1250 g/mol. The van der Waals surface area contributed by atoms with E-state index in [0.717, 1.165) is 21.6 Å². The number of aromatic amines is 1. The SMILES string of the molecule is CC(=O)N[C@H]1CSSC[C@@H]2NC(=O)[C@@H](CC(=O)NC[C@H](C(N)=O)NC(=O)[C@H]3CCCN3C(=O)[C@H](CCCN=C(N)N)NC(=O)[C@@H](CC(C)C)NC(=O)[C@H](CCCN=C(N)N)NC2=O)NC(=O)[C@@H](Cc2c[nH]c3ccccc23)NC(=O)[C@H](Cc2ccc(Cl)cc2)NC1=O. The Hall–Kier alpha value is -8.85. The van der Waals surface area contributed by atoms with Gasteiger partial charge in [0.05, 0.1) is 6.42 Å². The molecule has 2 bridgehead atoms. The molecule has 0 saturated carbocycles. The fraction of sp³-hybridized carbons (Fsp3) is 0.517. The van der Waals surface area contributed by atoms with Crippen LogP contribution in [0.1, 0.15) is 83.3 Å². The average Bonchev–Trinajstić information content (AvgIpc) is 1.63. The van der Waals surface area contributed by atoms with E-state index in [1.165, 1.54) is 11.8 Å². The van der Waals surface area contributed by atoms with Crippen molar-refractivity contribution in [3.8, 4) is 0 Å². The molecule has 0 radical (unpaired) electrons. The number of fused-ring (bicyclic) bond motifs is 5. The van der Waals surface area contributed by atoms with E-state index in [-0.39, 0.29) is 100 Å². The Morgan fingerprint density at radius 1 is 0.652 bits per heavy atom. The maximum Gasteiger partial charge on any atom is 0.245 e. The van der Waals surface area contributed by atoms with Crippen LogP contribution in [0.3, 0.4) is 0 Å². The van der Waals surface area contributed by atoms with Crippen LogP contribution in [0.15, 0.2) is 64.7 Å². The number of halogens is 1. The van der Waals surface area contributed by atoms with Gasteiger partial charge in [0, 0.05) is 79.6 Å². The lowest BCUT2D eigenvalue weighted by atomic mass is 10.0. The summed E-state index contributed by atoms with van der Waals surface area (Å²) in [6.07, 6.45) is 0.722. The number of hydrogen-bond donors (Lipinski definition) is 16. The molecule has 4 heterocycles. The van der Waals surface area contributed by atoms with Crippen molar-refractivity contribution in [2.24, 2.45) is 44.6 Å². The number of para-hydroxylation sites is 1. The molecule has 3 aromatic rings. The maximum absolute atomic E-state index is 15.1. The topological polar surface area (TPSA) is 499 Å². The van der Waals surface area contributed by atoms with Crippen LogP contribution < -0.4 is 81.8 Å². The maximum atomic E-state index is 15.1. The Morgan fingerprint density at radius 3 is 1.88 bits per heavy atom. The number of primary amides is 1. The first-order valence-corrected chi connectivity index (χ1v) is 32.8. The van der Waals surface area contributed by atoms with E-state index in [2.05, 4.69) is 68.1 Å². The van der Waals surface area contributed by atoms with Crippen molar-refractivity contribution in [2.75, 3.05) is 37.7 Å². The number of benzene rings is 2. The minimum atomic E-state index is -1.91. The second kappa shape index (κ2) is 35.1. The highest BCUT2D eigenvalue weighted by Gasteiger charge is 2.41. The van der Waals surface area contributed by atoms with Crippen molar-refractivity contribution in [3.63, 3.8) is 0 Å². The van der Waals surface area contributed by atoms with Crippen molar-refractivity contribution < 1.29 is 57.5 Å². The summed E-state index contributed by atoms with van der Waals surface area (Å²) in [6.45, 7) is 4.13. The van der Waals surface area contributed by atoms with Gasteiger partial charge in [0.1, 0.15) is 60.4 Å². The second-order valence-corrected chi connectivity index (χ2v) is 25.8. The molecular formula is C58H82ClN19O12S2. The van der Waals surface area contributed by atoms with E-state index in [1.807, 2.05) is 0 Å². The lowest BCUT2D eigenvalue weighted by molar-refractivity contribution is -0.142. The van der Waals surface area contributed by atoms with Crippen LogP contribution in [0.4, 0.5) is 0 Å². The number of nitrogens with zero attached hydrogens (tertiary/aromatic N) is 3. The van der Waals surface area contributed by atoms with E-state index < -0.39 is 144 Å². The highest BCUT2D eigenvalue weighted by atomic mass is 35.5. The van der Waals surface area contributed by atoms with Gasteiger partial charge in [0.25, 0.3) is 0 Å². The highest BCUT2D eigenvalue weighted by molar-refractivity contribution is 8.76. The molecule has 92 heavy (non-hydrogen) atoms. The van der Waals surface area contributed by atoms with Gasteiger partial charge in [-0.3, -0.25) is 67.5 Å². The smallest absolute Gasteiger partial charge is 0.245 e. The summed E-state index contributed by atoms with van der Waals surface area (Å²) in [7, 11) is 1.91. The van der Waals surface area contributed by atoms with Gasteiger partial charge in [-0.25, -0.2) is 0 Å². The Morgan fingerprint density at radius 2 is 1.22 bits per heavy atom. The van der Waals surface area contributed by atoms with Crippen LogP contribution in [-0.2, 0) is 70.4 Å². The summed E-state index contributed by atoms with van der Waals surface area (Å²) < 4.78 is 0. The van der Waals surface area contributed by atoms with Gasteiger partial charge >= 0.3 is 0 Å². The van der Waals surface area contributed by atoms with Crippen LogP contribution in [0.25, 0.3) is 10.9 Å². The Labute approximate surface area is 543 Å². The van der Waals surface area contributed by atoms with Crippen molar-refractivity contribution in [1.82, 2.24) is 63.1 Å². The summed E-state index contributed by atoms with van der Waals surface area (Å²) >= 11 is 6.21. The summed E-state index contributed by atoms with van der Waals surface area (Å²) in [5, 5.41) is 27.5. The van der Waals surface area contributed by atoms with Crippen LogP contribution in [0, 0.1) is 5.92 Å². The lowest BCUT2D eigenvalue weighted by Crippen LogP contribution is -2.61. The highest BCUT2D eigenvalue weighted by Crippen LogP contribution is 2.25. The number of guanidine groups is 2. The largest absolute Gasteiger partial charge is 0.370 e. The Bertz CT molecular complexity index is 3240. The molecule has 2 aromatic carbocycles. The van der Waals surface area contributed by atoms with Crippen LogP contribution in [0.5, 0.6) is 0 Å². The fourth-order valence-corrected chi connectivity index (χ4v) is 12.9. The van der Waals surface area contributed by atoms with E-state index in [4.69, 9.17) is 40.3 Å². The van der Waals surface area contributed by atoms with Crippen molar-refractivity contribution in [1.29, 1.82) is 0 Å². The van der Waals surface area contributed by atoms with Crippen molar-refractivity contribution in [3.05, 3.63) is 70.9 Å². The minimum absolute atomic E-state index is 0.00361. The molecule has 31 nitrogen and oxygen atoms in total. The van der Waals surface area contributed by atoms with E-state index >= 15 is 9.59 Å². The van der Waals surface area contributed by atoms with Gasteiger partial charge in [-0.2, -0.15) is 0 Å². The quantitative estimate of drug-likeness (QED) is 0.0287. The number of hydrogen-bond acceptors (Lipinski definition) is 16. The Kier molecular flexibility index (Phi) is 27.6. The number of rotatable bonds is 16. The predicted molar refractivity (Wildman–Crippen MR) is 346 cm³/mol. The minimum Gasteiger partial charge on any atom is -0.370 e. The molecule has 1 aromatic heterocycles. The molecule has 3 saturated heterocycles. The normalized spacial score (nSPS) is 24.8. The number of carbonyl (C=O) groups is 12. The first-order chi connectivity index (χ1) is 43.8. The fourth-order valence-electron chi connectivity index (χ4n) is 10.5. The van der Waals surface area contributed by atoms with Crippen LogP contribution >= 0.6 is 33.2 Å². The number of carbonyl (C=O) groups excluding carboxylic acids is 12. The molecule has 21 N–H and O–H groups in total. The number of nitrogens with one attached hydrogen (secondary N) is 11. The summed E-state index contributed by atoms with van der Waals surface area (Å²) in [5.41, 5.74) is 29.9. The third-order valence-corrected chi connectivity index (χ3v) is 17.8. The number of H-pyrrole nitrogens is 1. The van der Waals surface area contributed by atoms with Gasteiger partial charge in [-0.15, -0.1) is 0 Å². The number of aliphatic imine (C=N–C) groups is 2. The van der Waals surface area contributed by atoms with Crippen molar-refractivity contribution >= 4 is 127 Å². The molecule has 12 amide bonds. The summed E-state index contributed by atoms with van der Waals surface area (Å²) in [4.78, 5) is 185. The van der Waals surface area contributed by atoms with Gasteiger partial charge in [-0.05, 0) is 80.2 Å². The number of nitrogens with two attached hydrogens (primary N) is 5. The Balaban J connectivity index is 1.47. The molecule has 34 heteroatoms. The van der Waals surface area contributed by atoms with Crippen LogP contribution in [0.2, 0.25) is 5.02 Å². The van der Waals surface area contributed by atoms with Gasteiger partial charge in [-0.1, -0.05) is 77.4 Å². The first kappa shape index (κ1) is 72.2. The van der Waals surface area contributed by atoms with Gasteiger partial charge < -0.3 is 91.7 Å².